The summed E-state index contributed by atoms with van der Waals surface area (Å²) in [6.07, 6.45) is 3.13. The van der Waals surface area contributed by atoms with E-state index in [1.165, 1.54) is 6.07 Å². The fourth-order valence-electron chi connectivity index (χ4n) is 2.38. The van der Waals surface area contributed by atoms with Crippen LogP contribution in [0.15, 0.2) is 18.2 Å². The van der Waals surface area contributed by atoms with E-state index in [-0.39, 0.29) is 11.7 Å². The van der Waals surface area contributed by atoms with Crippen molar-refractivity contribution < 1.29 is 4.92 Å². The zero-order valence-corrected chi connectivity index (χ0v) is 11.7. The van der Waals surface area contributed by atoms with Crippen molar-refractivity contribution in [1.29, 1.82) is 0 Å². The highest BCUT2D eigenvalue weighted by molar-refractivity contribution is 6.30. The number of nitrogens with one attached hydrogen (secondary N) is 1. The number of rotatable bonds is 3. The first-order valence-corrected chi connectivity index (χ1v) is 6.83. The molecule has 0 amide bonds. The van der Waals surface area contributed by atoms with Crippen LogP contribution in [0.5, 0.6) is 0 Å². The molecule has 0 radical (unpaired) electrons. The van der Waals surface area contributed by atoms with E-state index in [9.17, 15) is 10.1 Å². The first-order valence-electron chi connectivity index (χ1n) is 6.45. The van der Waals surface area contributed by atoms with Crippen molar-refractivity contribution in [3.05, 3.63) is 33.3 Å². The quantitative estimate of drug-likeness (QED) is 0.684. The number of nitro benzene ring substituents is 1. The Bertz CT molecular complexity index is 467. The highest BCUT2D eigenvalue weighted by Gasteiger charge is 2.19. The summed E-state index contributed by atoms with van der Waals surface area (Å²) in [7, 11) is 2.10. The molecule has 1 saturated heterocycles. The zero-order valence-electron chi connectivity index (χ0n) is 10.9. The lowest BCUT2D eigenvalue weighted by Crippen LogP contribution is -2.23. The second-order valence-electron chi connectivity index (χ2n) is 4.99. The highest BCUT2D eigenvalue weighted by Crippen LogP contribution is 2.29. The van der Waals surface area contributed by atoms with Gasteiger partial charge in [0.15, 0.2) is 0 Å². The van der Waals surface area contributed by atoms with E-state index in [1.807, 2.05) is 0 Å². The van der Waals surface area contributed by atoms with Crippen LogP contribution < -0.4 is 5.32 Å². The predicted octanol–water partition coefficient (Wildman–Crippen LogP) is 3.14. The van der Waals surface area contributed by atoms with Gasteiger partial charge in [-0.1, -0.05) is 11.6 Å². The minimum atomic E-state index is -0.392. The van der Waals surface area contributed by atoms with Gasteiger partial charge >= 0.3 is 0 Å². The smallest absolute Gasteiger partial charge is 0.293 e. The molecular weight excluding hydrogens is 266 g/mol. The lowest BCUT2D eigenvalue weighted by molar-refractivity contribution is -0.384. The van der Waals surface area contributed by atoms with Crippen LogP contribution in [-0.4, -0.2) is 36.0 Å². The number of nitrogens with zero attached hydrogens (tertiary/aromatic N) is 2. The Hall–Kier alpha value is -1.33. The lowest BCUT2D eigenvalue weighted by Gasteiger charge is -2.18. The average Bonchev–Trinajstić information content (AvgIpc) is 2.56. The van der Waals surface area contributed by atoms with Crippen LogP contribution in [0.4, 0.5) is 11.4 Å². The number of benzene rings is 1. The third-order valence-electron chi connectivity index (χ3n) is 3.47. The van der Waals surface area contributed by atoms with Gasteiger partial charge < -0.3 is 10.2 Å². The molecule has 2 rings (SSSR count). The second-order valence-corrected chi connectivity index (χ2v) is 5.43. The molecule has 104 valence electrons. The Morgan fingerprint density at radius 1 is 1.42 bits per heavy atom. The molecule has 1 aromatic rings. The second kappa shape index (κ2) is 6.21. The van der Waals surface area contributed by atoms with Gasteiger partial charge in [-0.25, -0.2) is 0 Å². The van der Waals surface area contributed by atoms with Gasteiger partial charge in [-0.05, 0) is 51.5 Å². The molecule has 1 heterocycles. The molecule has 1 aliphatic rings. The van der Waals surface area contributed by atoms with E-state index in [0.717, 1.165) is 32.4 Å². The van der Waals surface area contributed by atoms with Gasteiger partial charge in [-0.2, -0.15) is 0 Å². The van der Waals surface area contributed by atoms with Gasteiger partial charge in [-0.15, -0.1) is 0 Å². The summed E-state index contributed by atoms with van der Waals surface area (Å²) in [5.74, 6) is 0. The Balaban J connectivity index is 2.12. The standard InChI is InChI=1S/C13H18ClN3O2/c1-16-7-2-3-11(6-8-16)15-12-5-4-10(14)9-13(12)17(18)19/h4-5,9,11,15H,2-3,6-8H2,1H3. The summed E-state index contributed by atoms with van der Waals surface area (Å²) < 4.78 is 0. The van der Waals surface area contributed by atoms with Crippen molar-refractivity contribution >= 4 is 23.0 Å². The molecule has 0 aliphatic carbocycles. The average molecular weight is 284 g/mol. The summed E-state index contributed by atoms with van der Waals surface area (Å²) in [5.41, 5.74) is 0.606. The predicted molar refractivity (Wildman–Crippen MR) is 76.9 cm³/mol. The molecule has 0 aromatic heterocycles. The van der Waals surface area contributed by atoms with Crippen molar-refractivity contribution in [1.82, 2.24) is 4.90 Å². The maximum absolute atomic E-state index is 11.0. The molecular formula is C13H18ClN3O2. The minimum absolute atomic E-state index is 0.0464. The van der Waals surface area contributed by atoms with Crippen LogP contribution in [0, 0.1) is 10.1 Å². The number of anilines is 1. The van der Waals surface area contributed by atoms with E-state index < -0.39 is 4.92 Å². The van der Waals surface area contributed by atoms with E-state index in [2.05, 4.69) is 17.3 Å². The van der Waals surface area contributed by atoms with Gasteiger partial charge in [0.2, 0.25) is 0 Å². The van der Waals surface area contributed by atoms with E-state index in [1.54, 1.807) is 12.1 Å². The third-order valence-corrected chi connectivity index (χ3v) is 3.70. The molecule has 1 aliphatic heterocycles. The molecule has 1 aromatic carbocycles. The zero-order chi connectivity index (χ0) is 13.8. The minimum Gasteiger partial charge on any atom is -0.377 e. The summed E-state index contributed by atoms with van der Waals surface area (Å²) in [6.45, 7) is 2.10. The summed E-state index contributed by atoms with van der Waals surface area (Å²) in [4.78, 5) is 12.9. The molecule has 6 heteroatoms. The van der Waals surface area contributed by atoms with Gasteiger partial charge in [-0.3, -0.25) is 10.1 Å². The van der Waals surface area contributed by atoms with Crippen molar-refractivity contribution in [2.24, 2.45) is 0 Å². The first-order chi connectivity index (χ1) is 9.06. The molecule has 0 spiro atoms. The SMILES string of the molecule is CN1CCCC(Nc2ccc(Cl)cc2[N+](=O)[O-])CC1. The highest BCUT2D eigenvalue weighted by atomic mass is 35.5. The molecule has 5 nitrogen and oxygen atoms in total. The van der Waals surface area contributed by atoms with Gasteiger partial charge in [0.25, 0.3) is 5.69 Å². The molecule has 19 heavy (non-hydrogen) atoms. The number of hydrogen-bond donors (Lipinski definition) is 1. The van der Waals surface area contributed by atoms with Crippen LogP contribution >= 0.6 is 11.6 Å². The fraction of sp³-hybridized carbons (Fsp3) is 0.538. The Morgan fingerprint density at radius 2 is 2.21 bits per heavy atom. The Kier molecular flexibility index (Phi) is 4.61. The van der Waals surface area contributed by atoms with Crippen molar-refractivity contribution in [2.75, 3.05) is 25.5 Å². The van der Waals surface area contributed by atoms with Crippen LogP contribution in [0.2, 0.25) is 5.02 Å². The monoisotopic (exact) mass is 283 g/mol. The first kappa shape index (κ1) is 14.1. The van der Waals surface area contributed by atoms with Crippen molar-refractivity contribution in [2.45, 2.75) is 25.3 Å². The van der Waals surface area contributed by atoms with Crippen LogP contribution in [0.3, 0.4) is 0 Å². The summed E-state index contributed by atoms with van der Waals surface area (Å²) in [6, 6.07) is 5.05. The maximum atomic E-state index is 11.0. The van der Waals surface area contributed by atoms with E-state index >= 15 is 0 Å². The number of halogens is 1. The molecule has 1 unspecified atom stereocenters. The van der Waals surface area contributed by atoms with E-state index in [4.69, 9.17) is 11.6 Å². The van der Waals surface area contributed by atoms with Gasteiger partial charge in [0, 0.05) is 17.1 Å². The van der Waals surface area contributed by atoms with Crippen molar-refractivity contribution in [3.8, 4) is 0 Å². The normalized spacial score (nSPS) is 20.8. The molecule has 1 atom stereocenters. The lowest BCUT2D eigenvalue weighted by atomic mass is 10.1. The Morgan fingerprint density at radius 3 is 2.95 bits per heavy atom. The summed E-state index contributed by atoms with van der Waals surface area (Å²) in [5, 5.41) is 14.7. The van der Waals surface area contributed by atoms with Gasteiger partial charge in [0.05, 0.1) is 4.92 Å². The number of nitro groups is 1. The summed E-state index contributed by atoms with van der Waals surface area (Å²) >= 11 is 5.81. The topological polar surface area (TPSA) is 58.4 Å². The van der Waals surface area contributed by atoms with Crippen LogP contribution in [-0.2, 0) is 0 Å². The fourth-order valence-corrected chi connectivity index (χ4v) is 2.55. The number of hydrogen-bond acceptors (Lipinski definition) is 4. The molecule has 1 fully saturated rings. The van der Waals surface area contributed by atoms with Crippen LogP contribution in [0.25, 0.3) is 0 Å². The van der Waals surface area contributed by atoms with Crippen molar-refractivity contribution in [3.63, 3.8) is 0 Å². The molecule has 0 bridgehead atoms. The number of likely N-dealkylation sites (tertiary alicyclic amines) is 1. The molecule has 0 saturated carbocycles. The maximum Gasteiger partial charge on any atom is 0.293 e. The third kappa shape index (κ3) is 3.81. The van der Waals surface area contributed by atoms with Crippen LogP contribution in [0.1, 0.15) is 19.3 Å². The molecule has 1 N–H and O–H groups in total. The van der Waals surface area contributed by atoms with Gasteiger partial charge in [0.1, 0.15) is 5.69 Å². The Labute approximate surface area is 117 Å². The largest absolute Gasteiger partial charge is 0.377 e. The van der Waals surface area contributed by atoms with E-state index in [0.29, 0.717) is 10.7 Å².